The van der Waals surface area contributed by atoms with Gasteiger partial charge < -0.3 is 14.5 Å². The van der Waals surface area contributed by atoms with Gasteiger partial charge in [-0.25, -0.2) is 4.79 Å². The summed E-state index contributed by atoms with van der Waals surface area (Å²) in [7, 11) is 5.32. The van der Waals surface area contributed by atoms with E-state index in [1.54, 1.807) is 26.1 Å². The number of amides is 2. The Bertz CT molecular complexity index is 187. The fourth-order valence-corrected chi connectivity index (χ4v) is 1.81. The van der Waals surface area contributed by atoms with Crippen LogP contribution >= 0.6 is 0 Å². The normalized spacial score (nSPS) is 18.4. The van der Waals surface area contributed by atoms with Crippen LogP contribution in [0.25, 0.3) is 0 Å². The Labute approximate surface area is 85.8 Å². The minimum atomic E-state index is 0.126. The summed E-state index contributed by atoms with van der Waals surface area (Å²) in [5.74, 6) is 0.631. The van der Waals surface area contributed by atoms with Crippen molar-refractivity contribution in [1.29, 1.82) is 0 Å². The lowest BCUT2D eigenvalue weighted by atomic mass is 9.98. The van der Waals surface area contributed by atoms with Gasteiger partial charge in [0.1, 0.15) is 0 Å². The van der Waals surface area contributed by atoms with Gasteiger partial charge in [-0.2, -0.15) is 0 Å². The van der Waals surface area contributed by atoms with E-state index in [0.29, 0.717) is 5.92 Å². The van der Waals surface area contributed by atoms with Crippen LogP contribution in [0.15, 0.2) is 0 Å². The molecular formula is C10H20N2O2. The fraction of sp³-hybridized carbons (Fsp3) is 0.900. The highest BCUT2D eigenvalue weighted by atomic mass is 16.5. The molecule has 0 aromatic rings. The lowest BCUT2D eigenvalue weighted by molar-refractivity contribution is 0.100. The summed E-state index contributed by atoms with van der Waals surface area (Å²) in [5.41, 5.74) is 0. The van der Waals surface area contributed by atoms with Crippen molar-refractivity contribution >= 4 is 6.03 Å². The summed E-state index contributed by atoms with van der Waals surface area (Å²) < 4.78 is 5.11. The van der Waals surface area contributed by atoms with Crippen molar-refractivity contribution in [2.24, 2.45) is 5.92 Å². The number of carbonyl (C=O) groups is 1. The van der Waals surface area contributed by atoms with Crippen LogP contribution in [0.2, 0.25) is 0 Å². The zero-order valence-corrected chi connectivity index (χ0v) is 9.32. The first-order valence-electron chi connectivity index (χ1n) is 5.10. The second-order valence-electron chi connectivity index (χ2n) is 4.06. The molecule has 4 nitrogen and oxygen atoms in total. The van der Waals surface area contributed by atoms with E-state index in [1.807, 2.05) is 4.90 Å². The molecule has 0 saturated carbocycles. The Morgan fingerprint density at radius 1 is 1.43 bits per heavy atom. The highest BCUT2D eigenvalue weighted by Crippen LogP contribution is 2.17. The third-order valence-electron chi connectivity index (χ3n) is 2.67. The molecule has 14 heavy (non-hydrogen) atoms. The van der Waals surface area contributed by atoms with Gasteiger partial charge in [-0.1, -0.05) is 0 Å². The summed E-state index contributed by atoms with van der Waals surface area (Å²) in [6.07, 6.45) is 2.13. The van der Waals surface area contributed by atoms with Crippen molar-refractivity contribution in [3.05, 3.63) is 0 Å². The zero-order valence-electron chi connectivity index (χ0n) is 9.32. The Morgan fingerprint density at radius 3 is 2.43 bits per heavy atom. The van der Waals surface area contributed by atoms with Crippen LogP contribution < -0.4 is 0 Å². The fourth-order valence-electron chi connectivity index (χ4n) is 1.81. The molecule has 1 rings (SSSR count). The molecule has 0 unspecified atom stereocenters. The van der Waals surface area contributed by atoms with Gasteiger partial charge in [-0.05, 0) is 18.8 Å². The summed E-state index contributed by atoms with van der Waals surface area (Å²) in [4.78, 5) is 15.1. The molecule has 0 bridgehead atoms. The topological polar surface area (TPSA) is 32.8 Å². The average molecular weight is 200 g/mol. The van der Waals surface area contributed by atoms with E-state index >= 15 is 0 Å². The maximum Gasteiger partial charge on any atom is 0.319 e. The van der Waals surface area contributed by atoms with Crippen molar-refractivity contribution < 1.29 is 9.53 Å². The van der Waals surface area contributed by atoms with E-state index in [2.05, 4.69) is 0 Å². The monoisotopic (exact) mass is 200 g/mol. The van der Waals surface area contributed by atoms with E-state index in [-0.39, 0.29) is 6.03 Å². The largest absolute Gasteiger partial charge is 0.384 e. The summed E-state index contributed by atoms with van der Waals surface area (Å²) in [6.45, 7) is 2.56. The first-order chi connectivity index (χ1) is 6.65. The molecule has 0 aromatic heterocycles. The number of hydrogen-bond acceptors (Lipinski definition) is 2. The third-order valence-corrected chi connectivity index (χ3v) is 2.67. The molecule has 0 spiro atoms. The molecule has 1 aliphatic rings. The minimum Gasteiger partial charge on any atom is -0.384 e. The van der Waals surface area contributed by atoms with E-state index < -0.39 is 0 Å². The highest BCUT2D eigenvalue weighted by molar-refractivity contribution is 5.73. The number of methoxy groups -OCH3 is 1. The summed E-state index contributed by atoms with van der Waals surface area (Å²) >= 11 is 0. The van der Waals surface area contributed by atoms with Crippen LogP contribution in [0.4, 0.5) is 4.79 Å². The number of urea groups is 1. The summed E-state index contributed by atoms with van der Waals surface area (Å²) in [6, 6.07) is 0.126. The van der Waals surface area contributed by atoms with Gasteiger partial charge in [-0.3, -0.25) is 0 Å². The predicted octanol–water partition coefficient (Wildman–Crippen LogP) is 1.03. The van der Waals surface area contributed by atoms with Crippen molar-refractivity contribution in [3.63, 3.8) is 0 Å². The zero-order chi connectivity index (χ0) is 10.6. The first-order valence-corrected chi connectivity index (χ1v) is 5.10. The van der Waals surface area contributed by atoms with Crippen LogP contribution in [0.1, 0.15) is 12.8 Å². The molecule has 1 fully saturated rings. The van der Waals surface area contributed by atoms with Crippen LogP contribution in [-0.2, 0) is 4.74 Å². The van der Waals surface area contributed by atoms with Gasteiger partial charge in [0.2, 0.25) is 0 Å². The van der Waals surface area contributed by atoms with E-state index in [9.17, 15) is 4.79 Å². The van der Waals surface area contributed by atoms with Gasteiger partial charge in [0.15, 0.2) is 0 Å². The SMILES string of the molecule is COCC1CCN(C(=O)N(C)C)CC1. The Balaban J connectivity index is 2.32. The molecule has 0 N–H and O–H groups in total. The number of nitrogens with zero attached hydrogens (tertiary/aromatic N) is 2. The van der Waals surface area contributed by atoms with Crippen LogP contribution in [0, 0.1) is 5.92 Å². The van der Waals surface area contributed by atoms with Gasteiger partial charge in [0.25, 0.3) is 0 Å². The lowest BCUT2D eigenvalue weighted by Gasteiger charge is -2.33. The Kier molecular flexibility index (Phi) is 4.20. The summed E-state index contributed by atoms with van der Waals surface area (Å²) in [5, 5.41) is 0. The molecule has 2 amide bonds. The van der Waals surface area contributed by atoms with Crippen molar-refractivity contribution in [1.82, 2.24) is 9.80 Å². The standard InChI is InChI=1S/C10H20N2O2/c1-11(2)10(13)12-6-4-9(5-7-12)8-14-3/h9H,4-8H2,1-3H3. The highest BCUT2D eigenvalue weighted by Gasteiger charge is 2.23. The molecule has 4 heteroatoms. The first kappa shape index (κ1) is 11.3. The molecule has 82 valence electrons. The molecule has 1 aliphatic heterocycles. The molecule has 0 aromatic carbocycles. The third kappa shape index (κ3) is 2.87. The van der Waals surface area contributed by atoms with Crippen molar-refractivity contribution in [3.8, 4) is 0 Å². The van der Waals surface area contributed by atoms with Gasteiger partial charge >= 0.3 is 6.03 Å². The number of likely N-dealkylation sites (tertiary alicyclic amines) is 1. The molecule has 0 aliphatic carbocycles. The van der Waals surface area contributed by atoms with Crippen LogP contribution in [-0.4, -0.2) is 56.7 Å². The van der Waals surface area contributed by atoms with Crippen LogP contribution in [0.3, 0.4) is 0 Å². The van der Waals surface area contributed by atoms with E-state index in [1.165, 1.54) is 0 Å². The number of carbonyl (C=O) groups excluding carboxylic acids is 1. The quantitative estimate of drug-likeness (QED) is 0.667. The molecule has 0 atom stereocenters. The van der Waals surface area contributed by atoms with Gasteiger partial charge in [0, 0.05) is 40.9 Å². The predicted molar refractivity (Wildman–Crippen MR) is 55.3 cm³/mol. The molecule has 0 radical (unpaired) electrons. The van der Waals surface area contributed by atoms with Crippen molar-refractivity contribution in [2.75, 3.05) is 40.9 Å². The molecular weight excluding hydrogens is 180 g/mol. The maximum absolute atomic E-state index is 11.6. The Hall–Kier alpha value is -0.770. The lowest BCUT2D eigenvalue weighted by Crippen LogP contribution is -2.44. The second-order valence-corrected chi connectivity index (χ2v) is 4.06. The number of rotatable bonds is 2. The van der Waals surface area contributed by atoms with E-state index in [0.717, 1.165) is 32.5 Å². The van der Waals surface area contributed by atoms with Crippen molar-refractivity contribution in [2.45, 2.75) is 12.8 Å². The van der Waals surface area contributed by atoms with Gasteiger partial charge in [0.05, 0.1) is 0 Å². The van der Waals surface area contributed by atoms with Crippen LogP contribution in [0.5, 0.6) is 0 Å². The molecule has 1 saturated heterocycles. The average Bonchev–Trinajstić information content (AvgIpc) is 2.18. The maximum atomic E-state index is 11.6. The smallest absolute Gasteiger partial charge is 0.319 e. The molecule has 1 heterocycles. The second kappa shape index (κ2) is 5.20. The van der Waals surface area contributed by atoms with E-state index in [4.69, 9.17) is 4.74 Å². The number of piperidine rings is 1. The minimum absolute atomic E-state index is 0.126. The van der Waals surface area contributed by atoms with Gasteiger partial charge in [-0.15, -0.1) is 0 Å². The Morgan fingerprint density at radius 2 is 2.00 bits per heavy atom. The number of hydrogen-bond donors (Lipinski definition) is 0. The number of ether oxygens (including phenoxy) is 1.